The number of anilines is 1. The van der Waals surface area contributed by atoms with Crippen LogP contribution in [0.25, 0.3) is 0 Å². The summed E-state index contributed by atoms with van der Waals surface area (Å²) in [6, 6.07) is 3.40. The molecule has 0 aromatic carbocycles. The summed E-state index contributed by atoms with van der Waals surface area (Å²) >= 11 is 7.00. The Hall–Kier alpha value is -1.07. The Morgan fingerprint density at radius 3 is 2.62 bits per heavy atom. The number of halogens is 1. The van der Waals surface area contributed by atoms with E-state index in [0.29, 0.717) is 22.2 Å². The molecule has 1 aromatic rings. The minimum absolute atomic E-state index is 0.308. The first kappa shape index (κ1) is 11.4. The number of carbonyl (C=O) groups is 2. The number of rotatable bonds is 3. The smallest absolute Gasteiger partial charge is 0.321 e. The van der Waals surface area contributed by atoms with E-state index in [0.717, 1.165) is 0 Å². The molecule has 0 unspecified atom stereocenters. The third-order valence-electron chi connectivity index (χ3n) is 2.57. The zero-order chi connectivity index (χ0) is 11.8. The predicted molar refractivity (Wildman–Crippen MR) is 61.6 cm³/mol. The van der Waals surface area contributed by atoms with Gasteiger partial charge in [0.25, 0.3) is 0 Å². The highest BCUT2D eigenvalue weighted by atomic mass is 35.5. The predicted octanol–water partition coefficient (Wildman–Crippen LogP) is 2.29. The molecule has 0 spiro atoms. The Morgan fingerprint density at radius 1 is 1.50 bits per heavy atom. The third kappa shape index (κ3) is 1.92. The number of ether oxygens (including phenoxy) is 1. The van der Waals surface area contributed by atoms with Crippen molar-refractivity contribution in [3.05, 3.63) is 16.5 Å². The fourth-order valence-corrected chi connectivity index (χ4v) is 2.40. The van der Waals surface area contributed by atoms with Gasteiger partial charge in [0, 0.05) is 0 Å². The van der Waals surface area contributed by atoms with E-state index in [1.54, 1.807) is 12.1 Å². The molecule has 0 atom stereocenters. The first-order valence-electron chi connectivity index (χ1n) is 4.74. The van der Waals surface area contributed by atoms with Crippen molar-refractivity contribution in [1.82, 2.24) is 0 Å². The Kier molecular flexibility index (Phi) is 2.90. The van der Waals surface area contributed by atoms with Gasteiger partial charge in [-0.05, 0) is 25.0 Å². The molecule has 4 nitrogen and oxygen atoms in total. The van der Waals surface area contributed by atoms with E-state index < -0.39 is 11.4 Å². The number of methoxy groups -OCH3 is 1. The normalized spacial score (nSPS) is 16.6. The second-order valence-electron chi connectivity index (χ2n) is 3.63. The van der Waals surface area contributed by atoms with Gasteiger partial charge >= 0.3 is 5.97 Å². The maximum atomic E-state index is 11.9. The lowest BCUT2D eigenvalue weighted by Gasteiger charge is -2.11. The van der Waals surface area contributed by atoms with Crippen molar-refractivity contribution >= 4 is 39.8 Å². The number of hydrogen-bond donors (Lipinski definition) is 1. The van der Waals surface area contributed by atoms with Crippen molar-refractivity contribution in [2.24, 2.45) is 5.41 Å². The van der Waals surface area contributed by atoms with Crippen molar-refractivity contribution < 1.29 is 14.3 Å². The Morgan fingerprint density at radius 2 is 2.19 bits per heavy atom. The van der Waals surface area contributed by atoms with Crippen molar-refractivity contribution in [2.75, 3.05) is 12.4 Å². The molecule has 1 heterocycles. The monoisotopic (exact) mass is 259 g/mol. The molecule has 0 bridgehead atoms. The van der Waals surface area contributed by atoms with Crippen LogP contribution in [-0.2, 0) is 14.3 Å². The van der Waals surface area contributed by atoms with E-state index in [4.69, 9.17) is 11.6 Å². The first-order chi connectivity index (χ1) is 7.58. The summed E-state index contributed by atoms with van der Waals surface area (Å²) in [7, 11) is 1.29. The summed E-state index contributed by atoms with van der Waals surface area (Å²) in [6.45, 7) is 0. The van der Waals surface area contributed by atoms with Crippen LogP contribution in [0.4, 0.5) is 5.00 Å². The van der Waals surface area contributed by atoms with Crippen molar-refractivity contribution in [2.45, 2.75) is 12.8 Å². The Balaban J connectivity index is 2.06. The number of carbonyl (C=O) groups excluding carboxylic acids is 2. The molecular weight excluding hydrogens is 250 g/mol. The average molecular weight is 260 g/mol. The van der Waals surface area contributed by atoms with E-state index in [2.05, 4.69) is 10.1 Å². The number of nitrogens with one attached hydrogen (secondary N) is 1. The van der Waals surface area contributed by atoms with E-state index in [1.807, 2.05) is 0 Å². The van der Waals surface area contributed by atoms with E-state index in [1.165, 1.54) is 18.4 Å². The van der Waals surface area contributed by atoms with E-state index in [9.17, 15) is 9.59 Å². The highest BCUT2D eigenvalue weighted by molar-refractivity contribution is 7.20. The lowest BCUT2D eigenvalue weighted by molar-refractivity contribution is -0.150. The molecular formula is C10H10ClNO3S. The van der Waals surface area contributed by atoms with Gasteiger partial charge in [0.1, 0.15) is 5.41 Å². The van der Waals surface area contributed by atoms with Crippen molar-refractivity contribution in [3.8, 4) is 0 Å². The molecule has 86 valence electrons. The minimum atomic E-state index is -0.967. The van der Waals surface area contributed by atoms with Gasteiger partial charge in [-0.1, -0.05) is 11.6 Å². The maximum absolute atomic E-state index is 11.9. The van der Waals surface area contributed by atoms with Crippen molar-refractivity contribution in [1.29, 1.82) is 0 Å². The van der Waals surface area contributed by atoms with Gasteiger partial charge in [-0.25, -0.2) is 0 Å². The van der Waals surface area contributed by atoms with E-state index in [-0.39, 0.29) is 5.91 Å². The van der Waals surface area contributed by atoms with Crippen LogP contribution in [0.3, 0.4) is 0 Å². The van der Waals surface area contributed by atoms with Crippen LogP contribution in [-0.4, -0.2) is 19.0 Å². The zero-order valence-electron chi connectivity index (χ0n) is 8.58. The van der Waals surface area contributed by atoms with E-state index >= 15 is 0 Å². The Labute approximate surface area is 102 Å². The van der Waals surface area contributed by atoms with Gasteiger partial charge < -0.3 is 10.1 Å². The van der Waals surface area contributed by atoms with Gasteiger partial charge in [0.15, 0.2) is 0 Å². The number of esters is 1. The number of thiophene rings is 1. The fraction of sp³-hybridized carbons (Fsp3) is 0.400. The van der Waals surface area contributed by atoms with Crippen LogP contribution in [0.2, 0.25) is 4.34 Å². The van der Waals surface area contributed by atoms with Crippen LogP contribution in [0.1, 0.15) is 12.8 Å². The van der Waals surface area contributed by atoms with Gasteiger partial charge in [-0.2, -0.15) is 0 Å². The minimum Gasteiger partial charge on any atom is -0.468 e. The molecule has 0 aliphatic heterocycles. The Bertz CT molecular complexity index is 439. The molecule has 1 aromatic heterocycles. The molecule has 1 fully saturated rings. The van der Waals surface area contributed by atoms with Crippen LogP contribution in [0.15, 0.2) is 12.1 Å². The quantitative estimate of drug-likeness (QED) is 0.669. The van der Waals surface area contributed by atoms with Crippen LogP contribution in [0.5, 0.6) is 0 Å². The molecule has 16 heavy (non-hydrogen) atoms. The number of amides is 1. The molecule has 1 aliphatic rings. The molecule has 1 aliphatic carbocycles. The fourth-order valence-electron chi connectivity index (χ4n) is 1.46. The standard InChI is InChI=1S/C10H10ClNO3S/c1-15-9(14)10(4-5-10)8(13)12-7-3-2-6(11)16-7/h2-3H,4-5H2,1H3,(H,12,13). The highest BCUT2D eigenvalue weighted by Gasteiger charge is 2.57. The maximum Gasteiger partial charge on any atom is 0.321 e. The van der Waals surface area contributed by atoms with Crippen LogP contribution < -0.4 is 5.32 Å². The van der Waals surface area contributed by atoms with Gasteiger partial charge in [-0.15, -0.1) is 11.3 Å². The summed E-state index contributed by atoms with van der Waals surface area (Å²) in [5.74, 6) is -0.773. The molecule has 1 saturated carbocycles. The molecule has 1 amide bonds. The summed E-state index contributed by atoms with van der Waals surface area (Å²) in [5, 5.41) is 3.32. The summed E-state index contributed by atoms with van der Waals surface area (Å²) in [5.41, 5.74) is -0.967. The second kappa shape index (κ2) is 4.07. The SMILES string of the molecule is COC(=O)C1(C(=O)Nc2ccc(Cl)s2)CC1. The molecule has 0 saturated heterocycles. The topological polar surface area (TPSA) is 55.4 Å². The van der Waals surface area contributed by atoms with Crippen LogP contribution >= 0.6 is 22.9 Å². The molecule has 2 rings (SSSR count). The van der Waals surface area contributed by atoms with Gasteiger partial charge in [0.2, 0.25) is 5.91 Å². The molecule has 6 heteroatoms. The molecule has 0 radical (unpaired) electrons. The second-order valence-corrected chi connectivity index (χ2v) is 5.35. The van der Waals surface area contributed by atoms with Crippen LogP contribution in [0, 0.1) is 5.41 Å². The summed E-state index contributed by atoms with van der Waals surface area (Å²) in [4.78, 5) is 23.3. The third-order valence-corrected chi connectivity index (χ3v) is 3.72. The lowest BCUT2D eigenvalue weighted by atomic mass is 10.1. The number of hydrogen-bond acceptors (Lipinski definition) is 4. The lowest BCUT2D eigenvalue weighted by Crippen LogP contribution is -2.32. The molecule has 1 N–H and O–H groups in total. The first-order valence-corrected chi connectivity index (χ1v) is 5.93. The van der Waals surface area contributed by atoms with Gasteiger partial charge in [0.05, 0.1) is 16.4 Å². The average Bonchev–Trinajstić information content (AvgIpc) is 2.98. The summed E-state index contributed by atoms with van der Waals surface area (Å²) < 4.78 is 5.21. The largest absolute Gasteiger partial charge is 0.468 e. The highest BCUT2D eigenvalue weighted by Crippen LogP contribution is 2.47. The summed E-state index contributed by atoms with van der Waals surface area (Å²) in [6.07, 6.45) is 1.09. The van der Waals surface area contributed by atoms with Crippen molar-refractivity contribution in [3.63, 3.8) is 0 Å². The zero-order valence-corrected chi connectivity index (χ0v) is 10.2. The van der Waals surface area contributed by atoms with Gasteiger partial charge in [-0.3, -0.25) is 9.59 Å².